The average Bonchev–Trinajstić information content (AvgIpc) is 3.25. The molecule has 0 radical (unpaired) electrons. The first-order chi connectivity index (χ1) is 16.6. The molecule has 5 rings (SSSR count). The molecule has 0 spiro atoms. The molecule has 1 aromatic carbocycles. The number of aromatic nitrogens is 2. The number of nitrogens with zero attached hydrogens (tertiary/aromatic N) is 3. The Labute approximate surface area is 197 Å². The van der Waals surface area contributed by atoms with Crippen LogP contribution in [0.5, 0.6) is 17.4 Å². The lowest BCUT2D eigenvalue weighted by atomic mass is 10.0. The fourth-order valence-corrected chi connectivity index (χ4v) is 4.36. The first-order valence-electron chi connectivity index (χ1n) is 11.5. The molecule has 34 heavy (non-hydrogen) atoms. The zero-order chi connectivity index (χ0) is 23.5. The van der Waals surface area contributed by atoms with E-state index in [1.165, 1.54) is 0 Å². The highest BCUT2D eigenvalue weighted by Crippen LogP contribution is 2.35. The fourth-order valence-electron chi connectivity index (χ4n) is 4.36. The third-order valence-corrected chi connectivity index (χ3v) is 6.12. The van der Waals surface area contributed by atoms with Gasteiger partial charge in [0.15, 0.2) is 11.5 Å². The number of unbranched alkanes of at least 4 members (excludes halogenated alkanes) is 1. The van der Waals surface area contributed by atoms with Gasteiger partial charge in [0.1, 0.15) is 19.3 Å². The number of pyridine rings is 2. The molecule has 9 nitrogen and oxygen atoms in total. The Morgan fingerprint density at radius 3 is 2.85 bits per heavy atom. The Bertz CT molecular complexity index is 1190. The van der Waals surface area contributed by atoms with E-state index in [0.29, 0.717) is 49.1 Å². The first-order valence-corrected chi connectivity index (χ1v) is 11.5. The minimum absolute atomic E-state index is 0.189. The highest BCUT2D eigenvalue weighted by molar-refractivity contribution is 5.90. The van der Waals surface area contributed by atoms with Crippen LogP contribution in [0, 0.1) is 0 Å². The molecule has 2 aliphatic heterocycles. The summed E-state index contributed by atoms with van der Waals surface area (Å²) in [7, 11) is 1.56. The molecular formula is C25H27N3O6. The molecule has 1 N–H and O–H groups in total. The van der Waals surface area contributed by atoms with Gasteiger partial charge >= 0.3 is 6.09 Å². The zero-order valence-corrected chi connectivity index (χ0v) is 19.0. The number of hydrogen-bond acceptors (Lipinski definition) is 8. The van der Waals surface area contributed by atoms with Gasteiger partial charge in [-0.3, -0.25) is 9.88 Å². The number of ether oxygens (including phenoxy) is 4. The number of benzene rings is 1. The van der Waals surface area contributed by atoms with Crippen molar-refractivity contribution < 1.29 is 28.8 Å². The van der Waals surface area contributed by atoms with E-state index in [2.05, 4.69) is 9.97 Å². The van der Waals surface area contributed by atoms with Crippen molar-refractivity contribution in [1.29, 1.82) is 0 Å². The molecule has 9 heteroatoms. The second kappa shape index (κ2) is 9.72. The number of amides is 1. The third kappa shape index (κ3) is 4.56. The van der Waals surface area contributed by atoms with Crippen molar-refractivity contribution in [2.75, 3.05) is 31.8 Å². The Morgan fingerprint density at radius 2 is 2.00 bits per heavy atom. The van der Waals surface area contributed by atoms with Crippen LogP contribution in [0.25, 0.3) is 11.0 Å². The maximum atomic E-state index is 12.4. The van der Waals surface area contributed by atoms with E-state index in [9.17, 15) is 9.90 Å². The molecule has 0 unspecified atom stereocenters. The number of fused-ring (bicyclic) bond motifs is 2. The molecule has 1 fully saturated rings. The summed E-state index contributed by atoms with van der Waals surface area (Å²) in [4.78, 5) is 22.8. The molecule has 178 valence electrons. The number of anilines is 1. The van der Waals surface area contributed by atoms with Gasteiger partial charge in [0.25, 0.3) is 0 Å². The summed E-state index contributed by atoms with van der Waals surface area (Å²) in [6.45, 7) is 1.50. The highest BCUT2D eigenvalue weighted by Gasteiger charge is 2.32. The summed E-state index contributed by atoms with van der Waals surface area (Å²) < 4.78 is 21.9. The summed E-state index contributed by atoms with van der Waals surface area (Å²) in [5, 5.41) is 10.8. The van der Waals surface area contributed by atoms with Gasteiger partial charge in [0.05, 0.1) is 36.5 Å². The Kier molecular flexibility index (Phi) is 6.35. The van der Waals surface area contributed by atoms with Gasteiger partial charge in [0.2, 0.25) is 5.88 Å². The minimum atomic E-state index is -0.662. The number of carbonyl (C=O) groups is 1. The topological polar surface area (TPSA) is 103 Å². The number of cyclic esters (lactones) is 1. The maximum Gasteiger partial charge on any atom is 0.414 e. The lowest BCUT2D eigenvalue weighted by Gasteiger charge is -2.21. The van der Waals surface area contributed by atoms with Crippen molar-refractivity contribution >= 4 is 22.8 Å². The molecule has 2 aliphatic rings. The van der Waals surface area contributed by atoms with E-state index >= 15 is 0 Å². The van der Waals surface area contributed by atoms with Gasteiger partial charge < -0.3 is 24.1 Å². The van der Waals surface area contributed by atoms with E-state index in [1.54, 1.807) is 30.3 Å². The number of hydrogen-bond donors (Lipinski definition) is 1. The number of carbonyl (C=O) groups excluding carboxylic acids is 1. The average molecular weight is 466 g/mol. The quantitative estimate of drug-likeness (QED) is 0.498. The molecule has 1 saturated heterocycles. The molecular weight excluding hydrogens is 438 g/mol. The standard InChI is InChI=1S/C25H27N3O6/c1-31-23-9-7-19-24(27-23)18(10-11-26-19)20(29)5-3-2-4-17-15-28(25(30)34-17)16-6-8-21-22(14-16)33-13-12-32-21/h6-11,14,17,20,29H,2-5,12-13,15H2,1H3/t17-,20+/m0/s1. The Balaban J connectivity index is 1.14. The van der Waals surface area contributed by atoms with Gasteiger partial charge in [-0.15, -0.1) is 0 Å². The Hall–Kier alpha value is -3.59. The van der Waals surface area contributed by atoms with Gasteiger partial charge in [-0.2, -0.15) is 0 Å². The number of methoxy groups -OCH3 is 1. The lowest BCUT2D eigenvalue weighted by molar-refractivity contribution is 0.131. The zero-order valence-electron chi connectivity index (χ0n) is 19.0. The molecule has 0 aliphatic carbocycles. The minimum Gasteiger partial charge on any atom is -0.486 e. The van der Waals surface area contributed by atoms with Crippen molar-refractivity contribution in [3.8, 4) is 17.4 Å². The summed E-state index contributed by atoms with van der Waals surface area (Å²) in [6, 6.07) is 10.9. The SMILES string of the molecule is COc1ccc2nccc([C@H](O)CCCC[C@H]3CN(c4ccc5c(c4)OCCO5)C(=O)O3)c2n1. The van der Waals surface area contributed by atoms with Crippen molar-refractivity contribution in [2.45, 2.75) is 37.9 Å². The fraction of sp³-hybridized carbons (Fsp3) is 0.400. The van der Waals surface area contributed by atoms with Crippen LogP contribution in [0.15, 0.2) is 42.6 Å². The molecule has 0 bridgehead atoms. The van der Waals surface area contributed by atoms with Crippen LogP contribution in [0.1, 0.15) is 37.4 Å². The summed E-state index contributed by atoms with van der Waals surface area (Å²) in [5.41, 5.74) is 2.84. The van der Waals surface area contributed by atoms with Crippen LogP contribution in [0.3, 0.4) is 0 Å². The third-order valence-electron chi connectivity index (χ3n) is 6.12. The van der Waals surface area contributed by atoms with E-state index in [-0.39, 0.29) is 12.2 Å². The molecule has 3 aromatic rings. The van der Waals surface area contributed by atoms with Crippen LogP contribution < -0.4 is 19.1 Å². The smallest absolute Gasteiger partial charge is 0.414 e. The summed E-state index contributed by atoms with van der Waals surface area (Å²) in [6.07, 6.45) is 3.38. The highest BCUT2D eigenvalue weighted by atomic mass is 16.6. The van der Waals surface area contributed by atoms with Crippen molar-refractivity contribution in [2.24, 2.45) is 0 Å². The lowest BCUT2D eigenvalue weighted by Crippen LogP contribution is -2.25. The van der Waals surface area contributed by atoms with Gasteiger partial charge in [0, 0.05) is 23.9 Å². The molecule has 1 amide bonds. The second-order valence-corrected chi connectivity index (χ2v) is 8.37. The van der Waals surface area contributed by atoms with Gasteiger partial charge in [-0.1, -0.05) is 6.42 Å². The van der Waals surface area contributed by atoms with Crippen molar-refractivity contribution in [1.82, 2.24) is 9.97 Å². The van der Waals surface area contributed by atoms with E-state index in [0.717, 1.165) is 36.0 Å². The predicted molar refractivity (Wildman–Crippen MR) is 125 cm³/mol. The Morgan fingerprint density at radius 1 is 1.15 bits per heavy atom. The molecule has 4 heterocycles. The largest absolute Gasteiger partial charge is 0.486 e. The maximum absolute atomic E-state index is 12.4. The van der Waals surface area contributed by atoms with Crippen LogP contribution in [-0.4, -0.2) is 54.1 Å². The number of aliphatic hydroxyl groups excluding tert-OH is 1. The van der Waals surface area contributed by atoms with Crippen LogP contribution in [0.2, 0.25) is 0 Å². The van der Waals surface area contributed by atoms with Crippen LogP contribution in [0.4, 0.5) is 10.5 Å². The molecule has 2 aromatic heterocycles. The van der Waals surface area contributed by atoms with Gasteiger partial charge in [-0.25, -0.2) is 9.78 Å². The second-order valence-electron chi connectivity index (χ2n) is 8.37. The number of aliphatic hydroxyl groups is 1. The van der Waals surface area contributed by atoms with E-state index in [4.69, 9.17) is 18.9 Å². The van der Waals surface area contributed by atoms with Gasteiger partial charge in [-0.05, 0) is 43.5 Å². The normalized spacial score (nSPS) is 18.1. The molecule has 0 saturated carbocycles. The van der Waals surface area contributed by atoms with Crippen molar-refractivity contribution in [3.05, 3.63) is 48.2 Å². The summed E-state index contributed by atoms with van der Waals surface area (Å²) in [5.74, 6) is 1.82. The van der Waals surface area contributed by atoms with Crippen molar-refractivity contribution in [3.63, 3.8) is 0 Å². The first kappa shape index (κ1) is 22.2. The molecule has 2 atom stereocenters. The van der Waals surface area contributed by atoms with Crippen LogP contribution >= 0.6 is 0 Å². The number of rotatable bonds is 8. The van der Waals surface area contributed by atoms with E-state index < -0.39 is 6.10 Å². The summed E-state index contributed by atoms with van der Waals surface area (Å²) >= 11 is 0. The predicted octanol–water partition coefficient (Wildman–Crippen LogP) is 4.03. The van der Waals surface area contributed by atoms with E-state index in [1.807, 2.05) is 24.3 Å². The van der Waals surface area contributed by atoms with Crippen LogP contribution in [-0.2, 0) is 4.74 Å². The monoisotopic (exact) mass is 465 g/mol.